The van der Waals surface area contributed by atoms with Gasteiger partial charge in [-0.15, -0.1) is 0 Å². The first-order valence-corrected chi connectivity index (χ1v) is 11.1. The van der Waals surface area contributed by atoms with Crippen molar-refractivity contribution in [2.24, 2.45) is 0 Å². The molecule has 9 nitrogen and oxygen atoms in total. The summed E-state index contributed by atoms with van der Waals surface area (Å²) >= 11 is 0. The van der Waals surface area contributed by atoms with Crippen LogP contribution in [0.25, 0.3) is 10.9 Å². The van der Waals surface area contributed by atoms with Crippen molar-refractivity contribution in [3.63, 3.8) is 0 Å². The Kier molecular flexibility index (Phi) is 6.54. The molecule has 0 saturated carbocycles. The van der Waals surface area contributed by atoms with Crippen molar-refractivity contribution in [3.05, 3.63) is 66.1 Å². The van der Waals surface area contributed by atoms with E-state index in [1.807, 2.05) is 36.4 Å². The Morgan fingerprint density at radius 2 is 1.94 bits per heavy atom. The van der Waals surface area contributed by atoms with Crippen molar-refractivity contribution in [1.82, 2.24) is 19.8 Å². The Morgan fingerprint density at radius 1 is 1.18 bits per heavy atom. The molecule has 0 spiro atoms. The zero-order valence-electron chi connectivity index (χ0n) is 19.5. The van der Waals surface area contributed by atoms with Crippen LogP contribution < -0.4 is 5.32 Å². The molecule has 0 radical (unpaired) electrons. The number of rotatable bonds is 5. The van der Waals surface area contributed by atoms with Crippen molar-refractivity contribution in [2.75, 3.05) is 6.54 Å². The second kappa shape index (κ2) is 9.54. The molecule has 1 aliphatic heterocycles. The average Bonchev–Trinajstić information content (AvgIpc) is 3.32. The van der Waals surface area contributed by atoms with E-state index in [-0.39, 0.29) is 19.1 Å². The van der Waals surface area contributed by atoms with Gasteiger partial charge in [-0.2, -0.15) is 0 Å². The first kappa shape index (κ1) is 23.3. The predicted molar refractivity (Wildman–Crippen MR) is 125 cm³/mol. The Labute approximate surface area is 197 Å². The van der Waals surface area contributed by atoms with Crippen molar-refractivity contribution >= 4 is 29.0 Å². The number of alkyl carbamates (subject to hydrolysis) is 1. The molecule has 1 aliphatic rings. The molecule has 34 heavy (non-hydrogen) atoms. The highest BCUT2D eigenvalue weighted by Gasteiger charge is 2.34. The number of hydrogen-bond acceptors (Lipinski definition) is 6. The first-order valence-electron chi connectivity index (χ1n) is 11.1. The van der Waals surface area contributed by atoms with Gasteiger partial charge in [0.15, 0.2) is 0 Å². The number of carbonyl (C=O) groups is 3. The van der Waals surface area contributed by atoms with E-state index in [2.05, 4.69) is 10.3 Å². The molecule has 1 fully saturated rings. The molecule has 0 bridgehead atoms. The fourth-order valence-corrected chi connectivity index (χ4v) is 3.88. The molecular weight excluding hydrogens is 436 g/mol. The number of aromatic nitrogens is 2. The van der Waals surface area contributed by atoms with Crippen LogP contribution in [0.4, 0.5) is 9.59 Å². The summed E-state index contributed by atoms with van der Waals surface area (Å²) in [4.78, 5) is 43.9. The van der Waals surface area contributed by atoms with E-state index in [4.69, 9.17) is 9.47 Å². The Hall–Kier alpha value is -3.88. The number of nitrogens with zero attached hydrogens (tertiary/aromatic N) is 3. The largest absolute Gasteiger partial charge is 0.445 e. The normalized spacial score (nSPS) is 16.0. The van der Waals surface area contributed by atoms with Gasteiger partial charge >= 0.3 is 12.2 Å². The third kappa shape index (κ3) is 5.36. The van der Waals surface area contributed by atoms with Gasteiger partial charge in [-0.25, -0.2) is 14.2 Å². The smallest absolute Gasteiger partial charge is 0.419 e. The topological polar surface area (TPSA) is 103 Å². The van der Waals surface area contributed by atoms with Crippen LogP contribution in [0.5, 0.6) is 0 Å². The lowest BCUT2D eigenvalue weighted by Crippen LogP contribution is -2.41. The van der Waals surface area contributed by atoms with Crippen LogP contribution in [0.1, 0.15) is 38.4 Å². The highest BCUT2D eigenvalue weighted by molar-refractivity contribution is 5.91. The Morgan fingerprint density at radius 3 is 2.68 bits per heavy atom. The zero-order chi connectivity index (χ0) is 24.3. The summed E-state index contributed by atoms with van der Waals surface area (Å²) in [6, 6.07) is 12.2. The second-order valence-corrected chi connectivity index (χ2v) is 9.19. The van der Waals surface area contributed by atoms with Crippen molar-refractivity contribution < 1.29 is 23.9 Å². The van der Waals surface area contributed by atoms with E-state index in [1.54, 1.807) is 44.1 Å². The molecule has 178 valence electrons. The van der Waals surface area contributed by atoms with Crippen LogP contribution in [0.3, 0.4) is 0 Å². The maximum Gasteiger partial charge on any atom is 0.419 e. The number of amides is 2. The number of benzene rings is 1. The number of hydrogen-bond donors (Lipinski definition) is 1. The molecule has 3 aromatic rings. The number of pyridine rings is 1. The average molecular weight is 465 g/mol. The molecule has 1 saturated heterocycles. The maximum atomic E-state index is 13.0. The van der Waals surface area contributed by atoms with Gasteiger partial charge in [0.2, 0.25) is 5.91 Å². The van der Waals surface area contributed by atoms with Crippen LogP contribution in [0.15, 0.2) is 54.9 Å². The number of nitrogens with one attached hydrogen (secondary N) is 1. The number of likely N-dealkylation sites (tertiary alicyclic amines) is 1. The molecule has 2 aromatic heterocycles. The molecule has 0 unspecified atom stereocenters. The summed E-state index contributed by atoms with van der Waals surface area (Å²) in [5.41, 5.74) is 1.46. The second-order valence-electron chi connectivity index (χ2n) is 9.19. The fraction of sp³-hybridized carbons (Fsp3) is 0.360. The van der Waals surface area contributed by atoms with Gasteiger partial charge in [0.1, 0.15) is 18.2 Å². The lowest BCUT2D eigenvalue weighted by Gasteiger charge is -2.22. The van der Waals surface area contributed by atoms with E-state index < -0.39 is 23.8 Å². The minimum absolute atomic E-state index is 0.126. The highest BCUT2D eigenvalue weighted by atomic mass is 16.6. The first-order chi connectivity index (χ1) is 16.2. The zero-order valence-corrected chi connectivity index (χ0v) is 19.5. The SMILES string of the molecule is CC(C)(C)OC(=O)n1c(CN2CC[C@H](NC(=O)OCc3ccccc3)C2=O)cc2cnccc21. The van der Waals surface area contributed by atoms with Gasteiger partial charge in [-0.1, -0.05) is 30.3 Å². The van der Waals surface area contributed by atoms with E-state index in [9.17, 15) is 14.4 Å². The number of fused-ring (bicyclic) bond motifs is 1. The standard InChI is InChI=1S/C25H28N4O5/c1-25(2,3)34-24(32)29-19(13-18-14-26-11-9-21(18)29)15-28-12-10-20(22(28)30)27-23(31)33-16-17-7-5-4-6-8-17/h4-9,11,13-14,20H,10,12,15-16H2,1-3H3,(H,27,31)/t20-/m0/s1. The van der Waals surface area contributed by atoms with Crippen LogP contribution in [-0.2, 0) is 27.4 Å². The maximum absolute atomic E-state index is 13.0. The summed E-state index contributed by atoms with van der Waals surface area (Å²) in [5, 5.41) is 3.42. The number of carbonyl (C=O) groups excluding carboxylic acids is 3. The summed E-state index contributed by atoms with van der Waals surface area (Å²) in [7, 11) is 0. The molecule has 1 aromatic carbocycles. The monoisotopic (exact) mass is 464 g/mol. The quantitative estimate of drug-likeness (QED) is 0.615. The summed E-state index contributed by atoms with van der Waals surface area (Å²) in [6.45, 7) is 6.17. The fourth-order valence-electron chi connectivity index (χ4n) is 3.88. The molecule has 2 amide bonds. The third-order valence-electron chi connectivity index (χ3n) is 5.41. The van der Waals surface area contributed by atoms with Crippen molar-refractivity contribution in [1.29, 1.82) is 0 Å². The molecule has 0 aliphatic carbocycles. The Balaban J connectivity index is 1.43. The minimum Gasteiger partial charge on any atom is -0.445 e. The van der Waals surface area contributed by atoms with Gasteiger partial charge in [-0.3, -0.25) is 9.78 Å². The molecule has 1 N–H and O–H groups in total. The lowest BCUT2D eigenvalue weighted by molar-refractivity contribution is -0.129. The van der Waals surface area contributed by atoms with Crippen molar-refractivity contribution in [3.8, 4) is 0 Å². The predicted octanol–water partition coefficient (Wildman–Crippen LogP) is 3.85. The van der Waals surface area contributed by atoms with E-state index in [0.29, 0.717) is 24.2 Å². The third-order valence-corrected chi connectivity index (χ3v) is 5.41. The van der Waals surface area contributed by atoms with E-state index in [0.717, 1.165) is 10.9 Å². The van der Waals surface area contributed by atoms with Crippen LogP contribution >= 0.6 is 0 Å². The van der Waals surface area contributed by atoms with Gasteiger partial charge in [0.25, 0.3) is 0 Å². The van der Waals surface area contributed by atoms with E-state index in [1.165, 1.54) is 4.57 Å². The van der Waals surface area contributed by atoms with E-state index >= 15 is 0 Å². The molecule has 4 rings (SSSR count). The van der Waals surface area contributed by atoms with Gasteiger partial charge < -0.3 is 19.7 Å². The van der Waals surface area contributed by atoms with Gasteiger partial charge in [0, 0.05) is 30.0 Å². The number of ether oxygens (including phenoxy) is 2. The minimum atomic E-state index is -0.677. The molecule has 1 atom stereocenters. The lowest BCUT2D eigenvalue weighted by atomic mass is 10.2. The van der Waals surface area contributed by atoms with Crippen LogP contribution in [0, 0.1) is 0 Å². The molecule has 9 heteroatoms. The van der Waals surface area contributed by atoms with Crippen LogP contribution in [-0.4, -0.2) is 50.7 Å². The van der Waals surface area contributed by atoms with Gasteiger partial charge in [-0.05, 0) is 44.9 Å². The summed E-state index contributed by atoms with van der Waals surface area (Å²) in [6.07, 6.45) is 2.56. The Bertz CT molecular complexity index is 1200. The summed E-state index contributed by atoms with van der Waals surface area (Å²) in [5.74, 6) is -0.226. The van der Waals surface area contributed by atoms with Crippen LogP contribution in [0.2, 0.25) is 0 Å². The molecular formula is C25H28N4O5. The molecule has 3 heterocycles. The van der Waals surface area contributed by atoms with Crippen molar-refractivity contribution in [2.45, 2.75) is 52.0 Å². The highest BCUT2D eigenvalue weighted by Crippen LogP contribution is 2.24. The van der Waals surface area contributed by atoms with Gasteiger partial charge in [0.05, 0.1) is 12.1 Å². The summed E-state index contributed by atoms with van der Waals surface area (Å²) < 4.78 is 12.3.